The molecule has 7 nitrogen and oxygen atoms in total. The van der Waals surface area contributed by atoms with Gasteiger partial charge < -0.3 is 14.6 Å². The van der Waals surface area contributed by atoms with Crippen molar-refractivity contribution < 1.29 is 4.74 Å². The second-order valence-electron chi connectivity index (χ2n) is 6.66. The number of piperidine rings is 1. The Balaban J connectivity index is 1.37. The molecule has 1 N–H and O–H groups in total. The molecule has 0 unspecified atom stereocenters. The fourth-order valence-electron chi connectivity index (χ4n) is 3.28. The molecule has 1 fully saturated rings. The molecule has 1 saturated heterocycles. The lowest BCUT2D eigenvalue weighted by Crippen LogP contribution is -2.36. The summed E-state index contributed by atoms with van der Waals surface area (Å²) in [5.74, 6) is 2.14. The maximum Gasteiger partial charge on any atom is 0.233 e. The van der Waals surface area contributed by atoms with Gasteiger partial charge in [-0.05, 0) is 44.7 Å². The van der Waals surface area contributed by atoms with Crippen molar-refractivity contribution in [2.45, 2.75) is 26.7 Å². The molecule has 1 aliphatic rings. The lowest BCUT2D eigenvalue weighted by Gasteiger charge is -2.32. The summed E-state index contributed by atoms with van der Waals surface area (Å²) in [7, 11) is 0. The Hall–Kier alpha value is -2.70. The number of ether oxygens (including phenoxy) is 1. The predicted molar refractivity (Wildman–Crippen MR) is 95.8 cm³/mol. The minimum Gasteiger partial charge on any atom is -0.476 e. The molecule has 0 amide bonds. The number of hydrogen-bond donors (Lipinski definition) is 1. The first-order valence-electron chi connectivity index (χ1n) is 8.67. The van der Waals surface area contributed by atoms with Crippen molar-refractivity contribution in [1.82, 2.24) is 25.1 Å². The average Bonchev–Trinajstić information content (AvgIpc) is 3.02. The molecule has 130 valence electrons. The van der Waals surface area contributed by atoms with Gasteiger partial charge >= 0.3 is 0 Å². The monoisotopic (exact) mass is 338 g/mol. The molecular weight excluding hydrogens is 316 g/mol. The van der Waals surface area contributed by atoms with Crippen molar-refractivity contribution in [1.29, 1.82) is 0 Å². The van der Waals surface area contributed by atoms with Crippen molar-refractivity contribution in [3.05, 3.63) is 35.9 Å². The second kappa shape index (κ2) is 6.66. The molecule has 0 spiro atoms. The number of aromatic nitrogens is 5. The van der Waals surface area contributed by atoms with Gasteiger partial charge in [-0.2, -0.15) is 5.10 Å². The van der Waals surface area contributed by atoms with E-state index in [1.807, 2.05) is 26.0 Å². The van der Waals surface area contributed by atoms with Crippen LogP contribution in [0.1, 0.15) is 24.2 Å². The van der Waals surface area contributed by atoms with E-state index in [9.17, 15) is 0 Å². The molecule has 0 radical (unpaired) electrons. The molecule has 4 rings (SSSR count). The summed E-state index contributed by atoms with van der Waals surface area (Å²) in [6.07, 6.45) is 3.80. The van der Waals surface area contributed by atoms with E-state index in [4.69, 9.17) is 4.74 Å². The van der Waals surface area contributed by atoms with Gasteiger partial charge in [-0.1, -0.05) is 0 Å². The van der Waals surface area contributed by atoms with E-state index < -0.39 is 0 Å². The first kappa shape index (κ1) is 15.8. The van der Waals surface area contributed by atoms with Gasteiger partial charge in [-0.3, -0.25) is 0 Å². The van der Waals surface area contributed by atoms with Crippen LogP contribution in [0, 0.1) is 19.8 Å². The minimum absolute atomic E-state index is 0.530. The third kappa shape index (κ3) is 3.40. The van der Waals surface area contributed by atoms with E-state index in [1.54, 1.807) is 6.33 Å². The number of hydrogen-bond acceptors (Lipinski definition) is 6. The van der Waals surface area contributed by atoms with Crippen LogP contribution < -0.4 is 9.64 Å². The van der Waals surface area contributed by atoms with Gasteiger partial charge in [0.15, 0.2) is 5.82 Å². The first-order valence-corrected chi connectivity index (χ1v) is 8.67. The maximum atomic E-state index is 5.79. The van der Waals surface area contributed by atoms with Crippen LogP contribution in [-0.4, -0.2) is 44.8 Å². The molecule has 1 aliphatic heterocycles. The second-order valence-corrected chi connectivity index (χ2v) is 6.66. The Bertz CT molecular complexity index is 852. The molecule has 0 bridgehead atoms. The fourth-order valence-corrected chi connectivity index (χ4v) is 3.28. The van der Waals surface area contributed by atoms with Gasteiger partial charge in [0.05, 0.1) is 17.8 Å². The Kier molecular flexibility index (Phi) is 4.21. The molecule has 0 aromatic carbocycles. The van der Waals surface area contributed by atoms with Crippen LogP contribution in [0.4, 0.5) is 5.82 Å². The minimum atomic E-state index is 0.530. The van der Waals surface area contributed by atoms with E-state index in [0.29, 0.717) is 18.4 Å². The Labute approximate surface area is 146 Å². The zero-order valence-electron chi connectivity index (χ0n) is 14.6. The van der Waals surface area contributed by atoms with Crippen molar-refractivity contribution in [2.24, 2.45) is 5.92 Å². The number of anilines is 1. The van der Waals surface area contributed by atoms with Crippen molar-refractivity contribution in [3.63, 3.8) is 0 Å². The van der Waals surface area contributed by atoms with E-state index in [0.717, 1.165) is 54.2 Å². The van der Waals surface area contributed by atoms with Crippen molar-refractivity contribution in [3.8, 4) is 5.88 Å². The number of fused-ring (bicyclic) bond motifs is 1. The van der Waals surface area contributed by atoms with Gasteiger partial charge in [0.1, 0.15) is 11.8 Å². The molecule has 0 saturated carbocycles. The zero-order chi connectivity index (χ0) is 17.2. The largest absolute Gasteiger partial charge is 0.476 e. The summed E-state index contributed by atoms with van der Waals surface area (Å²) in [6.45, 7) is 6.59. The third-order valence-corrected chi connectivity index (χ3v) is 4.69. The van der Waals surface area contributed by atoms with Crippen LogP contribution in [0.15, 0.2) is 24.5 Å². The molecule has 25 heavy (non-hydrogen) atoms. The molecule has 3 aromatic heterocycles. The summed E-state index contributed by atoms with van der Waals surface area (Å²) in [5.41, 5.74) is 4.02. The average molecular weight is 338 g/mol. The predicted octanol–water partition coefficient (Wildman–Crippen LogP) is 2.66. The van der Waals surface area contributed by atoms with Gasteiger partial charge in [-0.15, -0.1) is 5.10 Å². The maximum absolute atomic E-state index is 5.79. The highest BCUT2D eigenvalue weighted by Crippen LogP contribution is 2.27. The Morgan fingerprint density at radius 1 is 1.16 bits per heavy atom. The lowest BCUT2D eigenvalue weighted by atomic mass is 9.98. The molecule has 7 heteroatoms. The number of aryl methyl sites for hydroxylation is 2. The zero-order valence-corrected chi connectivity index (χ0v) is 14.6. The summed E-state index contributed by atoms with van der Waals surface area (Å²) in [5, 5.41) is 8.08. The van der Waals surface area contributed by atoms with Gasteiger partial charge in [0.2, 0.25) is 5.88 Å². The molecular formula is C18H22N6O. The van der Waals surface area contributed by atoms with Crippen LogP contribution in [0.3, 0.4) is 0 Å². The summed E-state index contributed by atoms with van der Waals surface area (Å²) < 4.78 is 5.79. The van der Waals surface area contributed by atoms with Gasteiger partial charge in [0.25, 0.3) is 0 Å². The smallest absolute Gasteiger partial charge is 0.233 e. The summed E-state index contributed by atoms with van der Waals surface area (Å²) in [4.78, 5) is 14.6. The van der Waals surface area contributed by atoms with E-state index in [1.165, 1.54) is 0 Å². The van der Waals surface area contributed by atoms with Crippen molar-refractivity contribution >= 4 is 16.9 Å². The Morgan fingerprint density at radius 2 is 2.00 bits per heavy atom. The lowest BCUT2D eigenvalue weighted by molar-refractivity contribution is 0.214. The standard InChI is InChI=1S/C18H22N6O/c1-12-3-4-16(23-22-12)25-10-14-5-7-24(8-6-14)18-17-15(19-11-20-18)9-13(2)21-17/h3-4,9,11,14,21H,5-8,10H2,1-2H3. The third-order valence-electron chi connectivity index (χ3n) is 4.69. The van der Waals surface area contributed by atoms with Gasteiger partial charge in [0, 0.05) is 24.8 Å². The normalized spacial score (nSPS) is 15.7. The molecule has 0 aliphatic carbocycles. The number of aromatic amines is 1. The Morgan fingerprint density at radius 3 is 2.76 bits per heavy atom. The molecule has 0 atom stereocenters. The SMILES string of the molecule is Cc1ccc(OCC2CCN(c3ncnc4cc(C)[nH]c34)CC2)nn1. The van der Waals surface area contributed by atoms with Crippen LogP contribution in [0.2, 0.25) is 0 Å². The van der Waals surface area contributed by atoms with Crippen LogP contribution in [0.5, 0.6) is 5.88 Å². The van der Waals surface area contributed by atoms with E-state index in [-0.39, 0.29) is 0 Å². The number of nitrogens with zero attached hydrogens (tertiary/aromatic N) is 5. The van der Waals surface area contributed by atoms with Crippen LogP contribution in [0.25, 0.3) is 11.0 Å². The molecule has 3 aromatic rings. The first-order chi connectivity index (χ1) is 12.2. The summed E-state index contributed by atoms with van der Waals surface area (Å²) >= 11 is 0. The van der Waals surface area contributed by atoms with Crippen LogP contribution in [-0.2, 0) is 0 Å². The quantitative estimate of drug-likeness (QED) is 0.788. The number of H-pyrrole nitrogens is 1. The number of rotatable bonds is 4. The highest BCUT2D eigenvalue weighted by molar-refractivity contribution is 5.86. The topological polar surface area (TPSA) is 79.8 Å². The highest BCUT2D eigenvalue weighted by atomic mass is 16.5. The van der Waals surface area contributed by atoms with Gasteiger partial charge in [-0.25, -0.2) is 9.97 Å². The van der Waals surface area contributed by atoms with E-state index in [2.05, 4.69) is 36.1 Å². The molecule has 4 heterocycles. The van der Waals surface area contributed by atoms with Crippen LogP contribution >= 0.6 is 0 Å². The van der Waals surface area contributed by atoms with E-state index >= 15 is 0 Å². The number of nitrogens with one attached hydrogen (secondary N) is 1. The highest BCUT2D eigenvalue weighted by Gasteiger charge is 2.23. The van der Waals surface area contributed by atoms with Crippen molar-refractivity contribution in [2.75, 3.05) is 24.6 Å². The summed E-state index contributed by atoms with van der Waals surface area (Å²) in [6, 6.07) is 5.86. The fraction of sp³-hybridized carbons (Fsp3) is 0.444.